The highest BCUT2D eigenvalue weighted by atomic mass is 16.5. The third kappa shape index (κ3) is 4.09. The Hall–Kier alpha value is -0.120. The number of nitrogens with zero attached hydrogens (tertiary/aromatic N) is 1. The summed E-state index contributed by atoms with van der Waals surface area (Å²) in [6.07, 6.45) is 3.52. The lowest BCUT2D eigenvalue weighted by molar-refractivity contribution is 0.0140. The van der Waals surface area contributed by atoms with Crippen molar-refractivity contribution in [3.63, 3.8) is 0 Å². The third-order valence-corrected chi connectivity index (χ3v) is 3.29. The molecule has 0 heterocycles. The second-order valence-corrected chi connectivity index (χ2v) is 4.15. The predicted octanol–water partition coefficient (Wildman–Crippen LogP) is 1.86. The van der Waals surface area contributed by atoms with E-state index in [1.54, 1.807) is 7.11 Å². The van der Waals surface area contributed by atoms with Crippen LogP contribution in [0.15, 0.2) is 0 Å². The standard InChI is InChI=1S/C12H28N2O/c1-5-8-9-14(7-3)12(6-2,10-13)11-15-4/h5-11,13H2,1-4H3. The molecule has 0 amide bonds. The van der Waals surface area contributed by atoms with Gasteiger partial charge in [-0.15, -0.1) is 0 Å². The molecule has 15 heavy (non-hydrogen) atoms. The van der Waals surface area contributed by atoms with E-state index in [9.17, 15) is 0 Å². The molecule has 0 spiro atoms. The van der Waals surface area contributed by atoms with E-state index in [-0.39, 0.29) is 5.54 Å². The molecule has 1 unspecified atom stereocenters. The second-order valence-electron chi connectivity index (χ2n) is 4.15. The predicted molar refractivity (Wildman–Crippen MR) is 66.1 cm³/mol. The first-order valence-corrected chi connectivity index (χ1v) is 6.14. The van der Waals surface area contributed by atoms with Gasteiger partial charge >= 0.3 is 0 Å². The van der Waals surface area contributed by atoms with E-state index in [2.05, 4.69) is 25.7 Å². The highest BCUT2D eigenvalue weighted by molar-refractivity contribution is 4.90. The number of rotatable bonds is 9. The Morgan fingerprint density at radius 1 is 1.27 bits per heavy atom. The molecular formula is C12H28N2O. The summed E-state index contributed by atoms with van der Waals surface area (Å²) in [6, 6.07) is 0. The van der Waals surface area contributed by atoms with Gasteiger partial charge in [-0.3, -0.25) is 4.90 Å². The third-order valence-electron chi connectivity index (χ3n) is 3.29. The van der Waals surface area contributed by atoms with Crippen molar-refractivity contribution >= 4 is 0 Å². The van der Waals surface area contributed by atoms with Crippen molar-refractivity contribution in [3.05, 3.63) is 0 Å². The maximum Gasteiger partial charge on any atom is 0.0658 e. The monoisotopic (exact) mass is 216 g/mol. The molecule has 0 aliphatic heterocycles. The first-order chi connectivity index (χ1) is 7.20. The molecule has 92 valence electrons. The second kappa shape index (κ2) is 8.08. The topological polar surface area (TPSA) is 38.5 Å². The van der Waals surface area contributed by atoms with E-state index in [1.807, 2.05) is 0 Å². The minimum atomic E-state index is 0.0403. The number of unbranched alkanes of at least 4 members (excludes halogenated alkanes) is 1. The molecule has 0 radical (unpaired) electrons. The number of methoxy groups -OCH3 is 1. The Balaban J connectivity index is 4.51. The summed E-state index contributed by atoms with van der Waals surface area (Å²) >= 11 is 0. The largest absolute Gasteiger partial charge is 0.383 e. The van der Waals surface area contributed by atoms with E-state index in [1.165, 1.54) is 12.8 Å². The smallest absolute Gasteiger partial charge is 0.0658 e. The summed E-state index contributed by atoms with van der Waals surface area (Å²) in [5.74, 6) is 0. The van der Waals surface area contributed by atoms with Gasteiger partial charge < -0.3 is 10.5 Å². The molecule has 0 aliphatic carbocycles. The molecule has 0 saturated carbocycles. The normalized spacial score (nSPS) is 15.6. The van der Waals surface area contributed by atoms with Crippen molar-refractivity contribution in [2.75, 3.05) is 33.4 Å². The van der Waals surface area contributed by atoms with Crippen LogP contribution in [0.1, 0.15) is 40.0 Å². The zero-order valence-electron chi connectivity index (χ0n) is 10.9. The van der Waals surface area contributed by atoms with E-state index in [0.29, 0.717) is 6.54 Å². The van der Waals surface area contributed by atoms with Gasteiger partial charge in [0.1, 0.15) is 0 Å². The van der Waals surface area contributed by atoms with Gasteiger partial charge in [-0.25, -0.2) is 0 Å². The molecule has 0 aliphatic rings. The van der Waals surface area contributed by atoms with E-state index < -0.39 is 0 Å². The van der Waals surface area contributed by atoms with E-state index >= 15 is 0 Å². The van der Waals surface area contributed by atoms with Gasteiger partial charge in [0.15, 0.2) is 0 Å². The number of hydrogen-bond acceptors (Lipinski definition) is 3. The average Bonchev–Trinajstić information content (AvgIpc) is 2.28. The van der Waals surface area contributed by atoms with Crippen molar-refractivity contribution in [2.45, 2.75) is 45.6 Å². The van der Waals surface area contributed by atoms with E-state index in [4.69, 9.17) is 10.5 Å². The number of likely N-dealkylation sites (N-methyl/N-ethyl adjacent to an activating group) is 1. The highest BCUT2D eigenvalue weighted by Gasteiger charge is 2.32. The van der Waals surface area contributed by atoms with Crippen LogP contribution >= 0.6 is 0 Å². The molecule has 1 atom stereocenters. The molecule has 0 aromatic heterocycles. The maximum atomic E-state index is 5.93. The van der Waals surface area contributed by atoms with Crippen LogP contribution in [0, 0.1) is 0 Å². The zero-order chi connectivity index (χ0) is 11.7. The van der Waals surface area contributed by atoms with Crippen LogP contribution in [0.25, 0.3) is 0 Å². The molecule has 0 bridgehead atoms. The molecule has 0 aromatic carbocycles. The SMILES string of the molecule is CCCCN(CC)C(CC)(CN)COC. The average molecular weight is 216 g/mol. The van der Waals surface area contributed by atoms with E-state index in [0.717, 1.165) is 26.1 Å². The highest BCUT2D eigenvalue weighted by Crippen LogP contribution is 2.19. The summed E-state index contributed by atoms with van der Waals surface area (Å²) in [7, 11) is 1.76. The fourth-order valence-electron chi connectivity index (χ4n) is 2.10. The molecular weight excluding hydrogens is 188 g/mol. The van der Waals surface area contributed by atoms with Crippen LogP contribution < -0.4 is 5.73 Å². The van der Waals surface area contributed by atoms with Crippen molar-refractivity contribution in [2.24, 2.45) is 5.73 Å². The molecule has 0 rings (SSSR count). The summed E-state index contributed by atoms with van der Waals surface area (Å²) in [4.78, 5) is 2.47. The van der Waals surface area contributed by atoms with Crippen LogP contribution in [0.5, 0.6) is 0 Å². The quantitative estimate of drug-likeness (QED) is 0.639. The van der Waals surface area contributed by atoms with Crippen molar-refractivity contribution < 1.29 is 4.74 Å². The van der Waals surface area contributed by atoms with Crippen molar-refractivity contribution in [1.82, 2.24) is 4.90 Å². The molecule has 0 saturated heterocycles. The van der Waals surface area contributed by atoms with Gasteiger partial charge in [0, 0.05) is 13.7 Å². The fraction of sp³-hybridized carbons (Fsp3) is 1.00. The van der Waals surface area contributed by atoms with Crippen LogP contribution in [-0.4, -0.2) is 43.8 Å². The Labute approximate surface area is 95.0 Å². The summed E-state index contributed by atoms with van der Waals surface area (Å²) < 4.78 is 5.33. The van der Waals surface area contributed by atoms with Gasteiger partial charge in [-0.2, -0.15) is 0 Å². The molecule has 2 N–H and O–H groups in total. The molecule has 0 aromatic rings. The maximum absolute atomic E-state index is 5.93. The summed E-state index contributed by atoms with van der Waals surface area (Å²) in [5, 5.41) is 0. The summed E-state index contributed by atoms with van der Waals surface area (Å²) in [5.41, 5.74) is 5.97. The van der Waals surface area contributed by atoms with Crippen LogP contribution in [0.2, 0.25) is 0 Å². The van der Waals surface area contributed by atoms with Crippen LogP contribution in [-0.2, 0) is 4.74 Å². The molecule has 0 fully saturated rings. The Morgan fingerprint density at radius 2 is 1.93 bits per heavy atom. The lowest BCUT2D eigenvalue weighted by Gasteiger charge is -2.42. The molecule has 3 nitrogen and oxygen atoms in total. The number of ether oxygens (including phenoxy) is 1. The molecule has 3 heteroatoms. The number of nitrogens with two attached hydrogens (primary N) is 1. The van der Waals surface area contributed by atoms with Crippen LogP contribution in [0.4, 0.5) is 0 Å². The van der Waals surface area contributed by atoms with Gasteiger partial charge in [-0.1, -0.05) is 27.2 Å². The Morgan fingerprint density at radius 3 is 2.27 bits per heavy atom. The van der Waals surface area contributed by atoms with Gasteiger partial charge in [0.2, 0.25) is 0 Å². The first kappa shape index (κ1) is 14.9. The van der Waals surface area contributed by atoms with Crippen molar-refractivity contribution in [1.29, 1.82) is 0 Å². The Kier molecular flexibility index (Phi) is 8.02. The van der Waals surface area contributed by atoms with Gasteiger partial charge in [-0.05, 0) is 25.9 Å². The summed E-state index contributed by atoms with van der Waals surface area (Å²) in [6.45, 7) is 10.2. The van der Waals surface area contributed by atoms with Crippen LogP contribution in [0.3, 0.4) is 0 Å². The fourth-order valence-corrected chi connectivity index (χ4v) is 2.10. The van der Waals surface area contributed by atoms with Crippen molar-refractivity contribution in [3.8, 4) is 0 Å². The Bertz CT molecular complexity index is 147. The minimum Gasteiger partial charge on any atom is -0.383 e. The lowest BCUT2D eigenvalue weighted by atomic mass is 9.94. The zero-order valence-corrected chi connectivity index (χ0v) is 10.9. The minimum absolute atomic E-state index is 0.0403. The van der Waals surface area contributed by atoms with Gasteiger partial charge in [0.05, 0.1) is 12.1 Å². The first-order valence-electron chi connectivity index (χ1n) is 6.14. The van der Waals surface area contributed by atoms with Gasteiger partial charge in [0.25, 0.3) is 0 Å². The lowest BCUT2D eigenvalue weighted by Crippen LogP contribution is -2.56. The number of hydrogen-bond donors (Lipinski definition) is 1.